The van der Waals surface area contributed by atoms with E-state index in [1.54, 1.807) is 7.11 Å². The summed E-state index contributed by atoms with van der Waals surface area (Å²) in [6.45, 7) is 6.26. The molecule has 0 atom stereocenters. The van der Waals surface area contributed by atoms with Gasteiger partial charge in [-0.25, -0.2) is 0 Å². The first-order chi connectivity index (χ1) is 7.51. The topological polar surface area (TPSA) is 27.7 Å². The van der Waals surface area contributed by atoms with Gasteiger partial charge in [0.05, 0.1) is 7.11 Å². The molecule has 4 heteroatoms. The molecule has 0 aliphatic rings. The summed E-state index contributed by atoms with van der Waals surface area (Å²) in [5.41, 5.74) is 0. The van der Waals surface area contributed by atoms with Crippen LogP contribution >= 0.6 is 0 Å². The van der Waals surface area contributed by atoms with Gasteiger partial charge in [0.1, 0.15) is 5.75 Å². The van der Waals surface area contributed by atoms with Gasteiger partial charge in [-0.2, -0.15) is 0 Å². The summed E-state index contributed by atoms with van der Waals surface area (Å²) in [4.78, 5) is 0. The van der Waals surface area contributed by atoms with Crippen LogP contribution < -0.4 is 4.74 Å². The number of hydrogen-bond acceptors (Lipinski definition) is 3. The SMILES string of the molecule is CO/C=C(/Oc1ccccc1)O[Si](C)(C)C. The Kier molecular flexibility index (Phi) is 4.43. The molecular formula is C12H18O3Si. The quantitative estimate of drug-likeness (QED) is 0.581. The third-order valence-corrected chi connectivity index (χ3v) is 2.40. The van der Waals surface area contributed by atoms with Crippen LogP contribution in [0.2, 0.25) is 19.6 Å². The molecule has 0 amide bonds. The van der Waals surface area contributed by atoms with Crippen molar-refractivity contribution in [3.63, 3.8) is 0 Å². The van der Waals surface area contributed by atoms with E-state index in [4.69, 9.17) is 13.9 Å². The lowest BCUT2D eigenvalue weighted by Crippen LogP contribution is -2.26. The Labute approximate surface area is 97.8 Å². The largest absolute Gasteiger partial charge is 0.517 e. The fraction of sp³-hybridized carbons (Fsp3) is 0.333. The molecule has 0 saturated carbocycles. The maximum absolute atomic E-state index is 5.73. The third kappa shape index (κ3) is 4.88. The van der Waals surface area contributed by atoms with Crippen LogP contribution in [-0.4, -0.2) is 15.4 Å². The van der Waals surface area contributed by atoms with Crippen molar-refractivity contribution in [2.24, 2.45) is 0 Å². The summed E-state index contributed by atoms with van der Waals surface area (Å²) < 4.78 is 16.2. The first kappa shape index (κ1) is 12.6. The zero-order chi connectivity index (χ0) is 12.0. The van der Waals surface area contributed by atoms with Gasteiger partial charge < -0.3 is 13.9 Å². The summed E-state index contributed by atoms with van der Waals surface area (Å²) in [5.74, 6) is 1.15. The van der Waals surface area contributed by atoms with Gasteiger partial charge in [0.15, 0.2) is 6.26 Å². The fourth-order valence-electron chi connectivity index (χ4n) is 1.07. The number of para-hydroxylation sites is 1. The van der Waals surface area contributed by atoms with Crippen LogP contribution in [0.1, 0.15) is 0 Å². The van der Waals surface area contributed by atoms with Crippen molar-refractivity contribution in [3.8, 4) is 5.75 Å². The number of rotatable bonds is 5. The molecule has 1 rings (SSSR count). The lowest BCUT2D eigenvalue weighted by Gasteiger charge is -2.20. The van der Waals surface area contributed by atoms with Crippen molar-refractivity contribution in [2.45, 2.75) is 19.6 Å². The smallest absolute Gasteiger partial charge is 0.307 e. The van der Waals surface area contributed by atoms with Crippen molar-refractivity contribution >= 4 is 8.32 Å². The van der Waals surface area contributed by atoms with Gasteiger partial charge in [0.25, 0.3) is 0 Å². The molecule has 0 fully saturated rings. The van der Waals surface area contributed by atoms with Crippen molar-refractivity contribution in [1.29, 1.82) is 0 Å². The van der Waals surface area contributed by atoms with E-state index >= 15 is 0 Å². The Bertz CT molecular complexity index is 341. The molecule has 1 aromatic rings. The van der Waals surface area contributed by atoms with Crippen LogP contribution in [0.25, 0.3) is 0 Å². The fourth-order valence-corrected chi connectivity index (χ4v) is 1.76. The second kappa shape index (κ2) is 5.60. The highest BCUT2D eigenvalue weighted by molar-refractivity contribution is 6.70. The minimum Gasteiger partial charge on any atom is -0.517 e. The van der Waals surface area contributed by atoms with Gasteiger partial charge in [-0.05, 0) is 31.8 Å². The van der Waals surface area contributed by atoms with Gasteiger partial charge in [-0.15, -0.1) is 0 Å². The molecule has 88 valence electrons. The Morgan fingerprint density at radius 3 is 2.25 bits per heavy atom. The number of ether oxygens (including phenoxy) is 2. The van der Waals surface area contributed by atoms with E-state index < -0.39 is 8.32 Å². The van der Waals surface area contributed by atoms with Crippen molar-refractivity contribution < 1.29 is 13.9 Å². The van der Waals surface area contributed by atoms with Crippen molar-refractivity contribution in [2.75, 3.05) is 7.11 Å². The molecule has 0 radical (unpaired) electrons. The second-order valence-corrected chi connectivity index (χ2v) is 8.73. The first-order valence-corrected chi connectivity index (χ1v) is 8.57. The van der Waals surface area contributed by atoms with E-state index in [1.807, 2.05) is 30.3 Å². The standard InChI is InChI=1S/C12H18O3Si/c1-13-10-12(15-16(2,3)4)14-11-8-6-5-7-9-11/h5-10H,1-4H3/b12-10-. The second-order valence-electron chi connectivity index (χ2n) is 4.30. The molecule has 0 unspecified atom stereocenters. The predicted molar refractivity (Wildman–Crippen MR) is 66.6 cm³/mol. The van der Waals surface area contributed by atoms with Gasteiger partial charge in [-0.1, -0.05) is 18.2 Å². The van der Waals surface area contributed by atoms with Gasteiger partial charge in [-0.3, -0.25) is 0 Å². The molecule has 0 aromatic heterocycles. The Morgan fingerprint density at radius 2 is 1.75 bits per heavy atom. The van der Waals surface area contributed by atoms with Crippen LogP contribution in [0.5, 0.6) is 5.75 Å². The molecule has 0 saturated heterocycles. The molecule has 0 heterocycles. The average Bonchev–Trinajstić information content (AvgIpc) is 2.17. The molecule has 0 bridgehead atoms. The summed E-state index contributed by atoms with van der Waals surface area (Å²) in [6, 6.07) is 9.50. The van der Waals surface area contributed by atoms with E-state index in [0.717, 1.165) is 5.75 Å². The van der Waals surface area contributed by atoms with Crippen LogP contribution in [0.4, 0.5) is 0 Å². The third-order valence-electron chi connectivity index (χ3n) is 1.58. The Balaban J connectivity index is 2.70. The molecule has 0 aliphatic heterocycles. The highest BCUT2D eigenvalue weighted by atomic mass is 28.4. The van der Waals surface area contributed by atoms with Gasteiger partial charge in [0, 0.05) is 0 Å². The summed E-state index contributed by atoms with van der Waals surface area (Å²) >= 11 is 0. The van der Waals surface area contributed by atoms with E-state index in [2.05, 4.69) is 19.6 Å². The highest BCUT2D eigenvalue weighted by Crippen LogP contribution is 2.17. The first-order valence-electron chi connectivity index (χ1n) is 5.16. The molecule has 16 heavy (non-hydrogen) atoms. The number of benzene rings is 1. The monoisotopic (exact) mass is 238 g/mol. The highest BCUT2D eigenvalue weighted by Gasteiger charge is 2.19. The maximum Gasteiger partial charge on any atom is 0.307 e. The Morgan fingerprint density at radius 1 is 1.12 bits per heavy atom. The zero-order valence-corrected chi connectivity index (χ0v) is 11.2. The molecule has 0 spiro atoms. The normalized spacial score (nSPS) is 12.1. The van der Waals surface area contributed by atoms with Gasteiger partial charge in [0.2, 0.25) is 8.32 Å². The number of hydrogen-bond donors (Lipinski definition) is 0. The average molecular weight is 238 g/mol. The lowest BCUT2D eigenvalue weighted by atomic mass is 10.3. The van der Waals surface area contributed by atoms with Crippen LogP contribution in [0, 0.1) is 0 Å². The lowest BCUT2D eigenvalue weighted by molar-refractivity contribution is 0.188. The van der Waals surface area contributed by atoms with E-state index in [9.17, 15) is 0 Å². The van der Waals surface area contributed by atoms with Crippen LogP contribution in [0.15, 0.2) is 42.5 Å². The molecule has 0 N–H and O–H groups in total. The zero-order valence-electron chi connectivity index (χ0n) is 10.2. The van der Waals surface area contributed by atoms with E-state index in [-0.39, 0.29) is 0 Å². The minimum absolute atomic E-state index is 0.410. The van der Waals surface area contributed by atoms with Crippen LogP contribution in [0.3, 0.4) is 0 Å². The maximum atomic E-state index is 5.73. The number of methoxy groups -OCH3 is 1. The predicted octanol–water partition coefficient (Wildman–Crippen LogP) is 3.36. The van der Waals surface area contributed by atoms with Gasteiger partial charge >= 0.3 is 5.95 Å². The molecular weight excluding hydrogens is 220 g/mol. The minimum atomic E-state index is -1.68. The summed E-state index contributed by atoms with van der Waals surface area (Å²) in [6.07, 6.45) is 1.48. The van der Waals surface area contributed by atoms with Crippen molar-refractivity contribution in [3.05, 3.63) is 42.5 Å². The van der Waals surface area contributed by atoms with E-state index in [1.165, 1.54) is 6.26 Å². The van der Waals surface area contributed by atoms with Crippen LogP contribution in [-0.2, 0) is 9.16 Å². The summed E-state index contributed by atoms with van der Waals surface area (Å²) in [5, 5.41) is 0. The van der Waals surface area contributed by atoms with E-state index in [0.29, 0.717) is 5.95 Å². The summed E-state index contributed by atoms with van der Waals surface area (Å²) in [7, 11) is -0.113. The van der Waals surface area contributed by atoms with Crippen molar-refractivity contribution in [1.82, 2.24) is 0 Å². The molecule has 1 aromatic carbocycles. The molecule has 0 aliphatic carbocycles. The Hall–Kier alpha value is -1.42. The molecule has 3 nitrogen and oxygen atoms in total.